The highest BCUT2D eigenvalue weighted by atomic mass is 79.9. The molecule has 1 heterocycles. The van der Waals surface area contributed by atoms with Crippen LogP contribution in [-0.4, -0.2) is 4.98 Å². The fraction of sp³-hybridized carbons (Fsp3) is 0.250. The predicted octanol–water partition coefficient (Wildman–Crippen LogP) is 4.67. The zero-order chi connectivity index (χ0) is 11.3. The lowest BCUT2D eigenvalue weighted by atomic mass is 10.1. The van der Waals surface area contributed by atoms with Crippen molar-refractivity contribution in [3.05, 3.63) is 39.2 Å². The van der Waals surface area contributed by atoms with E-state index in [-0.39, 0.29) is 5.82 Å². The quantitative estimate of drug-likeness (QED) is 0.746. The summed E-state index contributed by atoms with van der Waals surface area (Å²) < 4.78 is 14.4. The van der Waals surface area contributed by atoms with Crippen LogP contribution < -0.4 is 0 Å². The molecule has 0 bridgehead atoms. The standard InChI is InChI=1S/C12H8BrClFN/c13-7-3-4-9(15)12-11(7)8(14)5-10(16-12)6-1-2-6/h3-6H,1-2H2. The minimum absolute atomic E-state index is 0.317. The number of nitrogens with zero attached hydrogens (tertiary/aromatic N) is 1. The van der Waals surface area contributed by atoms with Gasteiger partial charge in [0.2, 0.25) is 0 Å². The Morgan fingerprint density at radius 1 is 1.38 bits per heavy atom. The van der Waals surface area contributed by atoms with Gasteiger partial charge in [-0.2, -0.15) is 0 Å². The third-order valence-corrected chi connectivity index (χ3v) is 3.79. The third kappa shape index (κ3) is 1.62. The van der Waals surface area contributed by atoms with Gasteiger partial charge < -0.3 is 0 Å². The van der Waals surface area contributed by atoms with Gasteiger partial charge in [0.25, 0.3) is 0 Å². The molecule has 2 aromatic rings. The van der Waals surface area contributed by atoms with Gasteiger partial charge in [0, 0.05) is 21.5 Å². The minimum atomic E-state index is -0.317. The smallest absolute Gasteiger partial charge is 0.149 e. The third-order valence-electron chi connectivity index (χ3n) is 2.83. The van der Waals surface area contributed by atoms with E-state index < -0.39 is 0 Å². The van der Waals surface area contributed by atoms with Gasteiger partial charge in [-0.05, 0) is 31.0 Å². The maximum atomic E-state index is 13.7. The topological polar surface area (TPSA) is 12.9 Å². The molecule has 0 N–H and O–H groups in total. The van der Waals surface area contributed by atoms with Crippen molar-refractivity contribution in [3.63, 3.8) is 0 Å². The number of aromatic nitrogens is 1. The minimum Gasteiger partial charge on any atom is -0.249 e. The van der Waals surface area contributed by atoms with Crippen LogP contribution in [0.15, 0.2) is 22.7 Å². The van der Waals surface area contributed by atoms with E-state index in [2.05, 4.69) is 20.9 Å². The molecule has 0 radical (unpaired) electrons. The van der Waals surface area contributed by atoms with Crippen LogP contribution in [-0.2, 0) is 0 Å². The summed E-state index contributed by atoms with van der Waals surface area (Å²) in [5.74, 6) is 0.155. The van der Waals surface area contributed by atoms with Crippen LogP contribution >= 0.6 is 27.5 Å². The van der Waals surface area contributed by atoms with E-state index >= 15 is 0 Å². The van der Waals surface area contributed by atoms with E-state index in [1.807, 2.05) is 6.07 Å². The van der Waals surface area contributed by atoms with Crippen molar-refractivity contribution in [3.8, 4) is 0 Å². The number of halogens is 3. The average Bonchev–Trinajstić information content (AvgIpc) is 3.06. The Morgan fingerprint density at radius 3 is 2.81 bits per heavy atom. The number of hydrogen-bond acceptors (Lipinski definition) is 1. The summed E-state index contributed by atoms with van der Waals surface area (Å²) in [5, 5.41) is 1.23. The summed E-state index contributed by atoms with van der Waals surface area (Å²) in [5.41, 5.74) is 1.28. The molecule has 1 nitrogen and oxygen atoms in total. The average molecular weight is 301 g/mol. The first kappa shape index (κ1) is 10.5. The molecular weight excluding hydrogens is 292 g/mol. The van der Waals surface area contributed by atoms with Crippen LogP contribution in [0.3, 0.4) is 0 Å². The SMILES string of the molecule is Fc1ccc(Br)c2c(Cl)cc(C3CC3)nc12. The molecule has 0 aliphatic heterocycles. The van der Waals surface area contributed by atoms with Crippen LogP contribution in [0, 0.1) is 5.82 Å². The Hall–Kier alpha value is -0.670. The van der Waals surface area contributed by atoms with Crippen molar-refractivity contribution in [1.82, 2.24) is 4.98 Å². The van der Waals surface area contributed by atoms with Gasteiger partial charge in [-0.3, -0.25) is 0 Å². The van der Waals surface area contributed by atoms with Crippen LogP contribution in [0.25, 0.3) is 10.9 Å². The lowest BCUT2D eigenvalue weighted by molar-refractivity contribution is 0.636. The summed E-state index contributed by atoms with van der Waals surface area (Å²) in [4.78, 5) is 4.37. The van der Waals surface area contributed by atoms with E-state index in [4.69, 9.17) is 11.6 Å². The fourth-order valence-corrected chi connectivity index (χ4v) is 2.78. The fourth-order valence-electron chi connectivity index (χ4n) is 1.83. The first-order valence-corrected chi connectivity index (χ1v) is 6.28. The van der Waals surface area contributed by atoms with E-state index in [9.17, 15) is 4.39 Å². The molecule has 4 heteroatoms. The number of hydrogen-bond donors (Lipinski definition) is 0. The summed E-state index contributed by atoms with van der Waals surface area (Å²) in [6, 6.07) is 4.92. The van der Waals surface area contributed by atoms with Gasteiger partial charge in [-0.1, -0.05) is 27.5 Å². The lowest BCUT2D eigenvalue weighted by Gasteiger charge is -2.06. The van der Waals surface area contributed by atoms with Gasteiger partial charge >= 0.3 is 0 Å². The number of benzene rings is 1. The largest absolute Gasteiger partial charge is 0.249 e. The second-order valence-electron chi connectivity index (χ2n) is 4.06. The molecule has 0 atom stereocenters. The molecule has 1 aromatic carbocycles. The second kappa shape index (κ2) is 3.67. The molecule has 1 aliphatic carbocycles. The summed E-state index contributed by atoms with van der Waals surface area (Å²) >= 11 is 9.54. The highest BCUT2D eigenvalue weighted by Gasteiger charge is 2.26. The Morgan fingerprint density at radius 2 is 2.12 bits per heavy atom. The highest BCUT2D eigenvalue weighted by molar-refractivity contribution is 9.10. The Labute approximate surface area is 106 Å². The van der Waals surface area contributed by atoms with Crippen molar-refractivity contribution in [2.75, 3.05) is 0 Å². The molecule has 82 valence electrons. The number of pyridine rings is 1. The van der Waals surface area contributed by atoms with Gasteiger partial charge in [0.15, 0.2) is 0 Å². The van der Waals surface area contributed by atoms with Crippen molar-refractivity contribution in [2.24, 2.45) is 0 Å². The van der Waals surface area contributed by atoms with Crippen molar-refractivity contribution >= 4 is 38.4 Å². The maximum Gasteiger partial charge on any atom is 0.149 e. The van der Waals surface area contributed by atoms with E-state index in [1.54, 1.807) is 6.07 Å². The highest BCUT2D eigenvalue weighted by Crippen LogP contribution is 2.42. The predicted molar refractivity (Wildman–Crippen MR) is 66.4 cm³/mol. The Kier molecular flexibility index (Phi) is 2.41. The first-order chi connectivity index (χ1) is 7.66. The molecule has 1 saturated carbocycles. The first-order valence-electron chi connectivity index (χ1n) is 5.11. The molecule has 0 spiro atoms. The number of fused-ring (bicyclic) bond motifs is 1. The van der Waals surface area contributed by atoms with Crippen molar-refractivity contribution < 1.29 is 4.39 Å². The molecule has 1 aromatic heterocycles. The normalized spacial score (nSPS) is 15.7. The maximum absolute atomic E-state index is 13.7. The zero-order valence-electron chi connectivity index (χ0n) is 8.30. The Balaban J connectivity index is 2.36. The van der Waals surface area contributed by atoms with Crippen LogP contribution in [0.2, 0.25) is 5.02 Å². The monoisotopic (exact) mass is 299 g/mol. The molecule has 0 saturated heterocycles. The number of rotatable bonds is 1. The molecule has 1 aliphatic rings. The van der Waals surface area contributed by atoms with Crippen LogP contribution in [0.1, 0.15) is 24.5 Å². The van der Waals surface area contributed by atoms with E-state index in [0.29, 0.717) is 21.8 Å². The molecule has 0 amide bonds. The summed E-state index contributed by atoms with van der Waals surface area (Å²) in [6.07, 6.45) is 2.26. The molecule has 16 heavy (non-hydrogen) atoms. The van der Waals surface area contributed by atoms with E-state index in [1.165, 1.54) is 6.07 Å². The lowest BCUT2D eigenvalue weighted by Crippen LogP contribution is -1.92. The summed E-state index contributed by atoms with van der Waals surface area (Å²) in [7, 11) is 0. The van der Waals surface area contributed by atoms with E-state index in [0.717, 1.165) is 23.0 Å². The van der Waals surface area contributed by atoms with Crippen LogP contribution in [0.5, 0.6) is 0 Å². The summed E-state index contributed by atoms with van der Waals surface area (Å²) in [6.45, 7) is 0. The Bertz CT molecular complexity index is 581. The van der Waals surface area contributed by atoms with Crippen molar-refractivity contribution in [2.45, 2.75) is 18.8 Å². The second-order valence-corrected chi connectivity index (χ2v) is 5.32. The van der Waals surface area contributed by atoms with Crippen molar-refractivity contribution in [1.29, 1.82) is 0 Å². The molecular formula is C12H8BrClFN. The molecule has 1 fully saturated rings. The van der Waals surface area contributed by atoms with Gasteiger partial charge in [0.1, 0.15) is 11.3 Å². The molecule has 0 unspecified atom stereocenters. The van der Waals surface area contributed by atoms with Gasteiger partial charge in [-0.25, -0.2) is 9.37 Å². The zero-order valence-corrected chi connectivity index (χ0v) is 10.6. The van der Waals surface area contributed by atoms with Crippen LogP contribution in [0.4, 0.5) is 4.39 Å². The van der Waals surface area contributed by atoms with Gasteiger partial charge in [-0.15, -0.1) is 0 Å². The molecule has 3 rings (SSSR count). The van der Waals surface area contributed by atoms with Gasteiger partial charge in [0.05, 0.1) is 5.02 Å².